The van der Waals surface area contributed by atoms with Crippen molar-refractivity contribution in [2.45, 2.75) is 13.3 Å². The fourth-order valence-corrected chi connectivity index (χ4v) is 2.53. The van der Waals surface area contributed by atoms with Gasteiger partial charge in [-0.05, 0) is 31.2 Å². The van der Waals surface area contributed by atoms with Crippen molar-refractivity contribution < 1.29 is 27.4 Å². The van der Waals surface area contributed by atoms with Crippen molar-refractivity contribution in [1.29, 1.82) is 0 Å². The maximum atomic E-state index is 12.4. The van der Waals surface area contributed by atoms with Gasteiger partial charge in [0.15, 0.2) is 0 Å². The summed E-state index contributed by atoms with van der Waals surface area (Å²) in [6.45, 7) is 4.24. The van der Waals surface area contributed by atoms with Crippen LogP contribution in [0.1, 0.15) is 16.1 Å². The molecule has 1 N–H and O–H groups in total. The Bertz CT molecular complexity index is 806. The molecule has 2 heterocycles. The molecule has 1 aromatic heterocycles. The van der Waals surface area contributed by atoms with E-state index in [9.17, 15) is 18.0 Å². The molecule has 0 aliphatic carbocycles. The van der Waals surface area contributed by atoms with Gasteiger partial charge in [-0.25, -0.2) is 9.97 Å². The van der Waals surface area contributed by atoms with E-state index in [0.29, 0.717) is 43.6 Å². The van der Waals surface area contributed by atoms with E-state index in [-0.39, 0.29) is 11.3 Å². The molecule has 3 rings (SSSR count). The molecule has 0 radical (unpaired) electrons. The summed E-state index contributed by atoms with van der Waals surface area (Å²) in [5, 5.41) is 2.60. The van der Waals surface area contributed by atoms with Crippen LogP contribution in [-0.2, 0) is 4.74 Å². The van der Waals surface area contributed by atoms with E-state index in [0.717, 1.165) is 12.1 Å². The lowest BCUT2D eigenvalue weighted by Crippen LogP contribution is -2.37. The smallest absolute Gasteiger partial charge is 0.406 e. The standard InChI is InChI=1S/C17H17F3N4O3/c1-11-14(10-21-16(22-11)24-6-8-26-9-7-24)15(25)23-12-2-4-13(5-3-12)27-17(18,19)20/h2-5,10H,6-9H2,1H3,(H,23,25). The molecule has 10 heteroatoms. The number of morpholine rings is 1. The van der Waals surface area contributed by atoms with Gasteiger partial charge in [0.25, 0.3) is 5.91 Å². The average molecular weight is 382 g/mol. The average Bonchev–Trinajstić information content (AvgIpc) is 2.62. The summed E-state index contributed by atoms with van der Waals surface area (Å²) in [5.41, 5.74) is 1.11. The van der Waals surface area contributed by atoms with E-state index in [1.807, 2.05) is 4.90 Å². The van der Waals surface area contributed by atoms with Gasteiger partial charge in [-0.1, -0.05) is 0 Å². The molecule has 7 nitrogen and oxygen atoms in total. The molecule has 0 atom stereocenters. The molecule has 1 fully saturated rings. The van der Waals surface area contributed by atoms with Gasteiger partial charge in [0.05, 0.1) is 24.5 Å². The third-order valence-corrected chi connectivity index (χ3v) is 3.85. The van der Waals surface area contributed by atoms with Crippen molar-refractivity contribution >= 4 is 17.5 Å². The highest BCUT2D eigenvalue weighted by Crippen LogP contribution is 2.24. The van der Waals surface area contributed by atoms with Crippen molar-refractivity contribution in [2.24, 2.45) is 0 Å². The van der Waals surface area contributed by atoms with Crippen molar-refractivity contribution in [3.05, 3.63) is 41.7 Å². The molecule has 0 bridgehead atoms. The number of aromatic nitrogens is 2. The number of carbonyl (C=O) groups excluding carboxylic acids is 1. The molecule has 1 aliphatic heterocycles. The molecule has 0 saturated carbocycles. The molecule has 1 aromatic carbocycles. The van der Waals surface area contributed by atoms with Crippen LogP contribution in [0.2, 0.25) is 0 Å². The predicted molar refractivity (Wildman–Crippen MR) is 90.9 cm³/mol. The Morgan fingerprint density at radius 2 is 1.89 bits per heavy atom. The summed E-state index contributed by atoms with van der Waals surface area (Å²) >= 11 is 0. The molecule has 1 saturated heterocycles. The second-order valence-corrected chi connectivity index (χ2v) is 5.79. The van der Waals surface area contributed by atoms with Gasteiger partial charge in [0.2, 0.25) is 5.95 Å². The fraction of sp³-hybridized carbons (Fsp3) is 0.353. The number of nitrogens with one attached hydrogen (secondary N) is 1. The zero-order valence-electron chi connectivity index (χ0n) is 14.4. The van der Waals surface area contributed by atoms with Gasteiger partial charge in [0.1, 0.15) is 5.75 Å². The molecule has 2 aromatic rings. The second kappa shape index (κ2) is 7.78. The lowest BCUT2D eigenvalue weighted by molar-refractivity contribution is -0.274. The number of nitrogens with zero attached hydrogens (tertiary/aromatic N) is 3. The zero-order chi connectivity index (χ0) is 19.4. The Morgan fingerprint density at radius 1 is 1.22 bits per heavy atom. The molecule has 27 heavy (non-hydrogen) atoms. The number of amides is 1. The Hall–Kier alpha value is -2.88. The minimum Gasteiger partial charge on any atom is -0.406 e. The fourth-order valence-electron chi connectivity index (χ4n) is 2.53. The van der Waals surface area contributed by atoms with Crippen LogP contribution < -0.4 is 15.0 Å². The van der Waals surface area contributed by atoms with E-state index in [2.05, 4.69) is 20.0 Å². The largest absolute Gasteiger partial charge is 0.573 e. The van der Waals surface area contributed by atoms with Crippen molar-refractivity contribution in [3.8, 4) is 5.75 Å². The predicted octanol–water partition coefficient (Wildman–Crippen LogP) is 2.77. The molecule has 1 aliphatic rings. The van der Waals surface area contributed by atoms with E-state index in [1.54, 1.807) is 6.92 Å². The second-order valence-electron chi connectivity index (χ2n) is 5.79. The molecule has 1 amide bonds. The molecule has 0 unspecified atom stereocenters. The Morgan fingerprint density at radius 3 is 2.48 bits per heavy atom. The van der Waals surface area contributed by atoms with Gasteiger partial charge in [-0.3, -0.25) is 4.79 Å². The summed E-state index contributed by atoms with van der Waals surface area (Å²) in [6, 6.07) is 4.87. The first-order valence-corrected chi connectivity index (χ1v) is 8.15. The molecule has 0 spiro atoms. The monoisotopic (exact) mass is 382 g/mol. The van der Waals surface area contributed by atoms with Crippen LogP contribution in [0, 0.1) is 6.92 Å². The Kier molecular flexibility index (Phi) is 5.45. The molecular weight excluding hydrogens is 365 g/mol. The maximum Gasteiger partial charge on any atom is 0.573 e. The highest BCUT2D eigenvalue weighted by Gasteiger charge is 2.31. The number of benzene rings is 1. The number of carbonyl (C=O) groups is 1. The highest BCUT2D eigenvalue weighted by molar-refractivity contribution is 6.04. The first-order valence-electron chi connectivity index (χ1n) is 8.15. The lowest BCUT2D eigenvalue weighted by Gasteiger charge is -2.27. The maximum absolute atomic E-state index is 12.4. The number of halogens is 3. The van der Waals surface area contributed by atoms with E-state index >= 15 is 0 Å². The van der Waals surface area contributed by atoms with E-state index in [1.165, 1.54) is 18.3 Å². The number of rotatable bonds is 4. The third-order valence-electron chi connectivity index (χ3n) is 3.85. The normalized spacial score (nSPS) is 14.7. The van der Waals surface area contributed by atoms with Crippen LogP contribution in [0.25, 0.3) is 0 Å². The summed E-state index contributed by atoms with van der Waals surface area (Å²) < 4.78 is 45.6. The first-order chi connectivity index (χ1) is 12.8. The van der Waals surface area contributed by atoms with Crippen molar-refractivity contribution in [3.63, 3.8) is 0 Å². The Balaban J connectivity index is 1.67. The van der Waals surface area contributed by atoms with E-state index in [4.69, 9.17) is 4.74 Å². The van der Waals surface area contributed by atoms with Crippen LogP contribution in [0.15, 0.2) is 30.5 Å². The van der Waals surface area contributed by atoms with Crippen molar-refractivity contribution in [1.82, 2.24) is 9.97 Å². The highest BCUT2D eigenvalue weighted by atomic mass is 19.4. The van der Waals surface area contributed by atoms with Gasteiger partial charge < -0.3 is 19.7 Å². The Labute approximate surface area is 153 Å². The summed E-state index contributed by atoms with van der Waals surface area (Å²) in [7, 11) is 0. The van der Waals surface area contributed by atoms with Crippen LogP contribution >= 0.6 is 0 Å². The number of anilines is 2. The lowest BCUT2D eigenvalue weighted by atomic mass is 10.2. The van der Waals surface area contributed by atoms with Crippen molar-refractivity contribution in [2.75, 3.05) is 36.5 Å². The number of hydrogen-bond acceptors (Lipinski definition) is 6. The van der Waals surface area contributed by atoms with Gasteiger partial charge in [0, 0.05) is 25.0 Å². The first kappa shape index (κ1) is 18.9. The molecule has 144 valence electrons. The van der Waals surface area contributed by atoms with E-state index < -0.39 is 12.3 Å². The number of ether oxygens (including phenoxy) is 2. The number of aryl methyl sites for hydroxylation is 1. The van der Waals surface area contributed by atoms with Crippen LogP contribution in [0.3, 0.4) is 0 Å². The van der Waals surface area contributed by atoms with Gasteiger partial charge in [-0.15, -0.1) is 13.2 Å². The summed E-state index contributed by atoms with van der Waals surface area (Å²) in [4.78, 5) is 23.0. The topological polar surface area (TPSA) is 76.6 Å². The van der Waals surface area contributed by atoms with Gasteiger partial charge in [-0.2, -0.15) is 0 Å². The zero-order valence-corrected chi connectivity index (χ0v) is 14.4. The third kappa shape index (κ3) is 5.07. The van der Waals surface area contributed by atoms with Gasteiger partial charge >= 0.3 is 6.36 Å². The summed E-state index contributed by atoms with van der Waals surface area (Å²) in [6.07, 6.45) is -3.33. The number of hydrogen-bond donors (Lipinski definition) is 1. The quantitative estimate of drug-likeness (QED) is 0.876. The van der Waals surface area contributed by atoms with Crippen LogP contribution in [0.5, 0.6) is 5.75 Å². The van der Waals surface area contributed by atoms with Crippen LogP contribution in [0.4, 0.5) is 24.8 Å². The van der Waals surface area contributed by atoms with Crippen LogP contribution in [-0.4, -0.2) is 48.5 Å². The SMILES string of the molecule is Cc1nc(N2CCOCC2)ncc1C(=O)Nc1ccc(OC(F)(F)F)cc1. The number of alkyl halides is 3. The summed E-state index contributed by atoms with van der Waals surface area (Å²) in [5.74, 6) is -0.290. The minimum absolute atomic E-state index is 0.280. The minimum atomic E-state index is -4.76. The molecular formula is C17H17F3N4O3.